The van der Waals surface area contributed by atoms with Gasteiger partial charge in [0.1, 0.15) is 11.3 Å². The van der Waals surface area contributed by atoms with Crippen LogP contribution in [0.4, 0.5) is 0 Å². The van der Waals surface area contributed by atoms with Crippen molar-refractivity contribution >= 4 is 28.4 Å². The van der Waals surface area contributed by atoms with Gasteiger partial charge in [0.2, 0.25) is 5.78 Å². The molecule has 1 aliphatic carbocycles. The number of carbonyl (C=O) groups is 1. The molecule has 0 unspecified atom stereocenters. The Balaban J connectivity index is 1.58. The van der Waals surface area contributed by atoms with Gasteiger partial charge in [-0.1, -0.05) is 11.6 Å². The number of hydrogen-bond acceptors (Lipinski definition) is 4. The minimum Gasteiger partial charge on any atom is -0.484 e. The Morgan fingerprint density at radius 2 is 1.96 bits per heavy atom. The molecule has 27 heavy (non-hydrogen) atoms. The lowest BCUT2D eigenvalue weighted by Gasteiger charge is -2.10. The molecule has 0 bridgehead atoms. The summed E-state index contributed by atoms with van der Waals surface area (Å²) in [4.78, 5) is 24.3. The summed E-state index contributed by atoms with van der Waals surface area (Å²) in [5.74, 6) is 0.221. The van der Waals surface area contributed by atoms with E-state index in [0.29, 0.717) is 28.0 Å². The van der Waals surface area contributed by atoms with Crippen LogP contribution < -0.4 is 10.4 Å². The molecule has 0 saturated heterocycles. The summed E-state index contributed by atoms with van der Waals surface area (Å²) in [6.45, 7) is 5.68. The Kier molecular flexibility index (Phi) is 4.35. The topological polar surface area (TPSA) is 61.4 Å². The van der Waals surface area contributed by atoms with Gasteiger partial charge in [-0.25, -0.2) is 4.79 Å². The fraction of sp³-hybridized carbons (Fsp3) is 0.333. The van der Waals surface area contributed by atoms with Crippen LogP contribution >= 0.6 is 11.6 Å². The second kappa shape index (κ2) is 6.57. The zero-order valence-electron chi connectivity index (χ0n) is 15.5. The van der Waals surface area contributed by atoms with Gasteiger partial charge >= 0.3 is 5.63 Å². The number of fused-ring (bicyclic) bond motifs is 1. The van der Waals surface area contributed by atoms with Crippen LogP contribution in [0.25, 0.3) is 11.0 Å². The minimum atomic E-state index is -0.433. The van der Waals surface area contributed by atoms with Crippen molar-refractivity contribution in [2.75, 3.05) is 6.61 Å². The lowest BCUT2D eigenvalue weighted by molar-refractivity contribution is 0.0921. The molecule has 0 spiro atoms. The van der Waals surface area contributed by atoms with Crippen molar-refractivity contribution in [2.45, 2.75) is 39.7 Å². The van der Waals surface area contributed by atoms with E-state index in [-0.39, 0.29) is 12.4 Å². The Labute approximate surface area is 161 Å². The first-order valence-corrected chi connectivity index (χ1v) is 9.31. The number of ketones is 1. The highest BCUT2D eigenvalue weighted by Crippen LogP contribution is 2.38. The van der Waals surface area contributed by atoms with E-state index in [2.05, 4.69) is 4.57 Å². The van der Waals surface area contributed by atoms with E-state index in [1.807, 2.05) is 26.8 Å². The first-order chi connectivity index (χ1) is 12.8. The smallest absolute Gasteiger partial charge is 0.336 e. The van der Waals surface area contributed by atoms with E-state index in [1.165, 1.54) is 6.07 Å². The van der Waals surface area contributed by atoms with Crippen molar-refractivity contribution in [3.05, 3.63) is 62.2 Å². The Morgan fingerprint density at radius 1 is 1.22 bits per heavy atom. The van der Waals surface area contributed by atoms with Crippen LogP contribution in [0.2, 0.25) is 5.02 Å². The summed E-state index contributed by atoms with van der Waals surface area (Å²) >= 11 is 6.29. The average molecular weight is 386 g/mol. The van der Waals surface area contributed by atoms with Crippen LogP contribution in [0.15, 0.2) is 33.5 Å². The van der Waals surface area contributed by atoms with Crippen molar-refractivity contribution in [3.8, 4) is 5.75 Å². The Morgan fingerprint density at radius 3 is 2.67 bits per heavy atom. The van der Waals surface area contributed by atoms with Crippen LogP contribution in [0.1, 0.15) is 46.2 Å². The van der Waals surface area contributed by atoms with Crippen molar-refractivity contribution in [2.24, 2.45) is 0 Å². The van der Waals surface area contributed by atoms with Crippen LogP contribution in [-0.4, -0.2) is 17.0 Å². The van der Waals surface area contributed by atoms with Crippen molar-refractivity contribution in [3.63, 3.8) is 0 Å². The molecular weight excluding hydrogens is 366 g/mol. The maximum Gasteiger partial charge on any atom is 0.336 e. The third-order valence-corrected chi connectivity index (χ3v) is 5.35. The molecule has 0 aliphatic heterocycles. The number of ether oxygens (including phenoxy) is 1. The number of carbonyl (C=O) groups excluding carboxylic acids is 1. The van der Waals surface area contributed by atoms with Gasteiger partial charge in [0.05, 0.1) is 5.02 Å². The lowest BCUT2D eigenvalue weighted by atomic mass is 10.1. The molecule has 5 nitrogen and oxygen atoms in total. The molecule has 0 atom stereocenters. The number of Topliss-reactive ketones (excluding diaryl/α,β-unsaturated/α-hetero) is 1. The Bertz CT molecular complexity index is 1120. The maximum atomic E-state index is 12.7. The fourth-order valence-electron chi connectivity index (χ4n) is 3.61. The summed E-state index contributed by atoms with van der Waals surface area (Å²) in [5.41, 5.74) is 3.49. The number of halogens is 1. The molecule has 0 radical (unpaired) electrons. The SMILES string of the molecule is Cc1cc(=O)oc2cc(OCC(=O)c3cc(C)n(C4CC4)c3C)c(Cl)cc12. The number of nitrogens with zero attached hydrogens (tertiary/aromatic N) is 1. The zero-order chi connectivity index (χ0) is 19.3. The molecule has 4 rings (SSSR count). The van der Waals surface area contributed by atoms with Gasteiger partial charge < -0.3 is 13.7 Å². The summed E-state index contributed by atoms with van der Waals surface area (Å²) in [6, 6.07) is 7.11. The third kappa shape index (κ3) is 3.28. The molecule has 2 aromatic heterocycles. The highest BCUT2D eigenvalue weighted by Gasteiger charge is 2.28. The minimum absolute atomic E-state index is 0.100. The number of aryl methyl sites for hydroxylation is 2. The predicted octanol–water partition coefficient (Wildman–Crippen LogP) is 4.77. The molecule has 0 N–H and O–H groups in total. The standard InChI is InChI=1S/C21H20ClNO4/c1-11-6-21(25)27-19-9-20(17(22)8-15(11)19)26-10-18(24)16-7-12(2)23(13(16)3)14-4-5-14/h6-9,14H,4-5,10H2,1-3H3. The molecule has 1 saturated carbocycles. The van der Waals surface area contributed by atoms with Crippen molar-refractivity contribution in [1.29, 1.82) is 0 Å². The van der Waals surface area contributed by atoms with E-state index in [1.54, 1.807) is 12.1 Å². The molecule has 3 aromatic rings. The first-order valence-electron chi connectivity index (χ1n) is 8.93. The second-order valence-corrected chi connectivity index (χ2v) is 7.53. The monoisotopic (exact) mass is 385 g/mol. The Hall–Kier alpha value is -2.53. The molecule has 1 aromatic carbocycles. The molecule has 1 aliphatic rings. The van der Waals surface area contributed by atoms with Gasteiger partial charge in [0, 0.05) is 40.5 Å². The quantitative estimate of drug-likeness (QED) is 0.469. The average Bonchev–Trinajstić information content (AvgIpc) is 3.38. The van der Waals surface area contributed by atoms with Gasteiger partial charge in [-0.15, -0.1) is 0 Å². The predicted molar refractivity (Wildman–Crippen MR) is 104 cm³/mol. The molecule has 1 fully saturated rings. The van der Waals surface area contributed by atoms with Crippen molar-refractivity contribution < 1.29 is 13.9 Å². The maximum absolute atomic E-state index is 12.7. The van der Waals surface area contributed by atoms with E-state index in [9.17, 15) is 9.59 Å². The van der Waals surface area contributed by atoms with E-state index in [4.69, 9.17) is 20.8 Å². The number of rotatable bonds is 5. The first kappa shape index (κ1) is 17.9. The largest absolute Gasteiger partial charge is 0.484 e. The van der Waals surface area contributed by atoms with Gasteiger partial charge in [0.15, 0.2) is 6.61 Å². The molecule has 2 heterocycles. The number of aromatic nitrogens is 1. The molecular formula is C21H20ClNO4. The van der Waals surface area contributed by atoms with E-state index < -0.39 is 5.63 Å². The summed E-state index contributed by atoms with van der Waals surface area (Å²) in [7, 11) is 0. The molecule has 0 amide bonds. The molecule has 6 heteroatoms. The van der Waals surface area contributed by atoms with Crippen molar-refractivity contribution in [1.82, 2.24) is 4.57 Å². The normalized spacial score (nSPS) is 13.9. The number of hydrogen-bond donors (Lipinski definition) is 0. The molecule has 140 valence electrons. The van der Waals surface area contributed by atoms with Gasteiger partial charge in [-0.05, 0) is 51.3 Å². The van der Waals surface area contributed by atoms with Crippen LogP contribution in [0.5, 0.6) is 5.75 Å². The highest BCUT2D eigenvalue weighted by molar-refractivity contribution is 6.32. The van der Waals surface area contributed by atoms with Gasteiger partial charge in [0.25, 0.3) is 0 Å². The summed E-state index contributed by atoms with van der Waals surface area (Å²) < 4.78 is 13.1. The van der Waals surface area contributed by atoms with Crippen LogP contribution in [0.3, 0.4) is 0 Å². The van der Waals surface area contributed by atoms with Gasteiger partial charge in [-0.2, -0.15) is 0 Å². The van der Waals surface area contributed by atoms with Gasteiger partial charge in [-0.3, -0.25) is 4.79 Å². The second-order valence-electron chi connectivity index (χ2n) is 7.13. The van der Waals surface area contributed by atoms with E-state index in [0.717, 1.165) is 35.2 Å². The third-order valence-electron chi connectivity index (χ3n) is 5.06. The van der Waals surface area contributed by atoms with E-state index >= 15 is 0 Å². The fourth-order valence-corrected chi connectivity index (χ4v) is 3.82. The number of benzene rings is 1. The lowest BCUT2D eigenvalue weighted by Crippen LogP contribution is -2.13. The van der Waals surface area contributed by atoms with Crippen LogP contribution in [-0.2, 0) is 0 Å². The highest BCUT2D eigenvalue weighted by atomic mass is 35.5. The van der Waals surface area contributed by atoms with Crippen LogP contribution in [0, 0.1) is 20.8 Å². The summed E-state index contributed by atoms with van der Waals surface area (Å²) in [6.07, 6.45) is 2.33. The zero-order valence-corrected chi connectivity index (χ0v) is 16.2. The summed E-state index contributed by atoms with van der Waals surface area (Å²) in [5, 5.41) is 1.11.